The summed E-state index contributed by atoms with van der Waals surface area (Å²) in [6.07, 6.45) is 0.899. The summed E-state index contributed by atoms with van der Waals surface area (Å²) in [5.41, 5.74) is 1.21. The zero-order valence-corrected chi connectivity index (χ0v) is 14.1. The van der Waals surface area contributed by atoms with Crippen LogP contribution in [0.5, 0.6) is 5.75 Å². The molecule has 2 aromatic rings. The van der Waals surface area contributed by atoms with Crippen molar-refractivity contribution in [2.75, 3.05) is 19.3 Å². The summed E-state index contributed by atoms with van der Waals surface area (Å²) in [5, 5.41) is 8.88. The molecule has 1 amide bonds. The van der Waals surface area contributed by atoms with E-state index in [0.29, 0.717) is 12.3 Å². The molecule has 1 aliphatic heterocycles. The number of fused-ring (bicyclic) bond motifs is 1. The highest BCUT2D eigenvalue weighted by molar-refractivity contribution is 8.01. The molecule has 0 saturated carbocycles. The number of aromatic nitrogens is 2. The quantitative estimate of drug-likeness (QED) is 0.786. The number of nitrogens with zero attached hydrogens (tertiary/aromatic N) is 3. The Labute approximate surface area is 137 Å². The molecular weight excluding hydrogens is 318 g/mol. The zero-order chi connectivity index (χ0) is 15.5. The van der Waals surface area contributed by atoms with Gasteiger partial charge in [0.2, 0.25) is 5.91 Å². The maximum Gasteiger partial charge on any atom is 0.232 e. The van der Waals surface area contributed by atoms with Crippen molar-refractivity contribution in [1.82, 2.24) is 15.1 Å². The summed E-state index contributed by atoms with van der Waals surface area (Å²) in [6, 6.07) is 8.03. The Hall–Kier alpha value is -1.60. The molecular formula is C15H17N3O2S2. The number of thioether (sulfide) groups is 1. The van der Waals surface area contributed by atoms with Crippen molar-refractivity contribution in [3.63, 3.8) is 0 Å². The highest BCUT2D eigenvalue weighted by Crippen LogP contribution is 2.28. The Kier molecular flexibility index (Phi) is 4.63. The molecule has 22 heavy (non-hydrogen) atoms. The Balaban J connectivity index is 1.48. The van der Waals surface area contributed by atoms with Crippen LogP contribution in [0.15, 0.2) is 28.6 Å². The van der Waals surface area contributed by atoms with Gasteiger partial charge >= 0.3 is 0 Å². The summed E-state index contributed by atoms with van der Waals surface area (Å²) in [7, 11) is 1.82. The molecule has 1 aliphatic rings. The Morgan fingerprint density at radius 1 is 1.45 bits per heavy atom. The van der Waals surface area contributed by atoms with Crippen molar-refractivity contribution >= 4 is 29.0 Å². The minimum Gasteiger partial charge on any atom is -0.488 e. The number of hydrogen-bond acceptors (Lipinski definition) is 6. The summed E-state index contributed by atoms with van der Waals surface area (Å²) >= 11 is 2.95. The molecule has 116 valence electrons. The number of carbonyl (C=O) groups excluding carboxylic acids is 1. The lowest BCUT2D eigenvalue weighted by Gasteiger charge is -2.20. The average molecular weight is 335 g/mol. The SMILES string of the molecule is Cc1nnc(SCC(=O)N(C)C[C@H]2Cc3ccccc3O2)s1. The highest BCUT2D eigenvalue weighted by atomic mass is 32.2. The van der Waals surface area contributed by atoms with Gasteiger partial charge in [-0.3, -0.25) is 4.79 Å². The summed E-state index contributed by atoms with van der Waals surface area (Å²) < 4.78 is 6.71. The van der Waals surface area contributed by atoms with Gasteiger partial charge in [0.25, 0.3) is 0 Å². The van der Waals surface area contributed by atoms with E-state index in [-0.39, 0.29) is 12.0 Å². The number of aryl methyl sites for hydroxylation is 1. The molecule has 3 rings (SSSR count). The molecule has 0 unspecified atom stereocenters. The minimum absolute atomic E-state index is 0.0418. The van der Waals surface area contributed by atoms with Gasteiger partial charge in [-0.05, 0) is 18.6 Å². The lowest BCUT2D eigenvalue weighted by atomic mass is 10.1. The van der Waals surface area contributed by atoms with Gasteiger partial charge in [0.05, 0.1) is 12.3 Å². The molecule has 0 aliphatic carbocycles. The number of benzene rings is 1. The standard InChI is InChI=1S/C15H17N3O2S2/c1-10-16-17-15(22-10)21-9-14(19)18(2)8-12-7-11-5-3-4-6-13(11)20-12/h3-6,12H,7-9H2,1-2H3/t12-/m1/s1. The number of likely N-dealkylation sites (N-methyl/N-ethyl adjacent to an activating group) is 1. The Bertz CT molecular complexity index is 649. The first-order valence-electron chi connectivity index (χ1n) is 7.03. The van der Waals surface area contributed by atoms with E-state index in [1.165, 1.54) is 28.7 Å². The monoisotopic (exact) mass is 335 g/mol. The molecule has 7 heteroatoms. The summed E-state index contributed by atoms with van der Waals surface area (Å²) in [4.78, 5) is 13.9. The first-order chi connectivity index (χ1) is 10.6. The largest absolute Gasteiger partial charge is 0.488 e. The normalized spacial score (nSPS) is 16.2. The topological polar surface area (TPSA) is 55.3 Å². The summed E-state index contributed by atoms with van der Waals surface area (Å²) in [6.45, 7) is 2.51. The van der Waals surface area contributed by atoms with Gasteiger partial charge in [0, 0.05) is 13.5 Å². The number of hydrogen-bond donors (Lipinski definition) is 0. The van der Waals surface area contributed by atoms with Crippen LogP contribution in [-0.2, 0) is 11.2 Å². The first-order valence-corrected chi connectivity index (χ1v) is 8.83. The number of para-hydroxylation sites is 1. The molecule has 1 aromatic carbocycles. The first kappa shape index (κ1) is 15.3. The fraction of sp³-hybridized carbons (Fsp3) is 0.400. The number of rotatable bonds is 5. The van der Waals surface area contributed by atoms with Crippen molar-refractivity contribution in [1.29, 1.82) is 0 Å². The predicted octanol–water partition coefficient (Wildman–Crippen LogP) is 2.40. The minimum atomic E-state index is 0.0418. The van der Waals surface area contributed by atoms with Crippen LogP contribution >= 0.6 is 23.1 Å². The highest BCUT2D eigenvalue weighted by Gasteiger charge is 2.25. The molecule has 0 fully saturated rings. The molecule has 5 nitrogen and oxygen atoms in total. The number of carbonyl (C=O) groups is 1. The van der Waals surface area contributed by atoms with E-state index < -0.39 is 0 Å². The van der Waals surface area contributed by atoms with Crippen molar-refractivity contribution in [3.8, 4) is 5.75 Å². The lowest BCUT2D eigenvalue weighted by molar-refractivity contribution is -0.128. The maximum absolute atomic E-state index is 12.2. The van der Waals surface area contributed by atoms with Crippen LogP contribution in [0, 0.1) is 6.92 Å². The van der Waals surface area contributed by atoms with Crippen LogP contribution in [0.4, 0.5) is 0 Å². The van der Waals surface area contributed by atoms with Crippen LogP contribution in [0.3, 0.4) is 0 Å². The van der Waals surface area contributed by atoms with Gasteiger partial charge in [-0.1, -0.05) is 41.3 Å². The fourth-order valence-electron chi connectivity index (χ4n) is 2.33. The number of ether oxygens (including phenoxy) is 1. The van der Waals surface area contributed by atoms with Gasteiger partial charge < -0.3 is 9.64 Å². The molecule has 0 saturated heterocycles. The summed E-state index contributed by atoms with van der Waals surface area (Å²) in [5.74, 6) is 1.40. The van der Waals surface area contributed by atoms with Gasteiger partial charge in [-0.15, -0.1) is 10.2 Å². The van der Waals surface area contributed by atoms with E-state index in [1.807, 2.05) is 32.2 Å². The second-order valence-corrected chi connectivity index (χ2v) is 7.61. The number of amides is 1. The van der Waals surface area contributed by atoms with Gasteiger partial charge in [-0.2, -0.15) is 0 Å². The second-order valence-electron chi connectivity index (χ2n) is 5.20. The van der Waals surface area contributed by atoms with E-state index in [2.05, 4.69) is 16.3 Å². The fourth-order valence-corrected chi connectivity index (χ4v) is 4.09. The van der Waals surface area contributed by atoms with Crippen LogP contribution in [-0.4, -0.2) is 46.5 Å². The van der Waals surface area contributed by atoms with Crippen LogP contribution in [0.1, 0.15) is 10.6 Å². The molecule has 1 atom stereocenters. The Morgan fingerprint density at radius 3 is 3.00 bits per heavy atom. The van der Waals surface area contributed by atoms with Gasteiger partial charge in [0.15, 0.2) is 4.34 Å². The third-order valence-electron chi connectivity index (χ3n) is 3.44. The lowest BCUT2D eigenvalue weighted by Crippen LogP contribution is -2.37. The average Bonchev–Trinajstić information content (AvgIpc) is 3.09. The molecule has 0 spiro atoms. The van der Waals surface area contributed by atoms with Crippen molar-refractivity contribution in [3.05, 3.63) is 34.8 Å². The van der Waals surface area contributed by atoms with E-state index >= 15 is 0 Å². The van der Waals surface area contributed by atoms with E-state index in [1.54, 1.807) is 4.90 Å². The molecule has 0 N–H and O–H groups in total. The Morgan fingerprint density at radius 2 is 2.27 bits per heavy atom. The van der Waals surface area contributed by atoms with Crippen LogP contribution < -0.4 is 4.74 Å². The molecule has 1 aromatic heterocycles. The predicted molar refractivity (Wildman–Crippen MR) is 87.6 cm³/mol. The van der Waals surface area contributed by atoms with Crippen molar-refractivity contribution < 1.29 is 9.53 Å². The molecule has 0 radical (unpaired) electrons. The molecule has 2 heterocycles. The smallest absolute Gasteiger partial charge is 0.232 e. The van der Waals surface area contributed by atoms with Gasteiger partial charge in [-0.25, -0.2) is 0 Å². The van der Waals surface area contributed by atoms with E-state index in [9.17, 15) is 4.79 Å². The van der Waals surface area contributed by atoms with E-state index in [4.69, 9.17) is 4.74 Å². The van der Waals surface area contributed by atoms with Gasteiger partial charge in [0.1, 0.15) is 16.9 Å². The third-order valence-corrected chi connectivity index (χ3v) is 5.40. The maximum atomic E-state index is 12.2. The second kappa shape index (κ2) is 6.66. The third kappa shape index (κ3) is 3.59. The van der Waals surface area contributed by atoms with E-state index in [0.717, 1.165) is 21.5 Å². The molecule has 0 bridgehead atoms. The van der Waals surface area contributed by atoms with Crippen molar-refractivity contribution in [2.24, 2.45) is 0 Å². The van der Waals surface area contributed by atoms with Crippen LogP contribution in [0.25, 0.3) is 0 Å². The van der Waals surface area contributed by atoms with Crippen molar-refractivity contribution in [2.45, 2.75) is 23.8 Å². The zero-order valence-electron chi connectivity index (χ0n) is 12.5. The van der Waals surface area contributed by atoms with Crippen LogP contribution in [0.2, 0.25) is 0 Å².